The fourth-order valence-corrected chi connectivity index (χ4v) is 3.62. The van der Waals surface area contributed by atoms with Gasteiger partial charge in [0.2, 0.25) is 0 Å². The number of benzene rings is 1. The van der Waals surface area contributed by atoms with Gasteiger partial charge in [-0.05, 0) is 31.4 Å². The summed E-state index contributed by atoms with van der Waals surface area (Å²) in [4.78, 5) is 17.8. The van der Waals surface area contributed by atoms with Crippen LogP contribution in [-0.2, 0) is 0 Å². The first kappa shape index (κ1) is 17.0. The topological polar surface area (TPSA) is 73.1 Å². The number of hydrogen-bond donors (Lipinski definition) is 1. The van der Waals surface area contributed by atoms with E-state index in [-0.39, 0.29) is 17.2 Å². The first-order valence-electron chi connectivity index (χ1n) is 8.80. The van der Waals surface area contributed by atoms with Crippen LogP contribution in [0.15, 0.2) is 18.2 Å². The van der Waals surface area contributed by atoms with Crippen LogP contribution < -0.4 is 9.80 Å². The monoisotopic (exact) mass is 334 g/mol. The van der Waals surface area contributed by atoms with Gasteiger partial charge in [-0.3, -0.25) is 15.0 Å². The number of hydrogen-bond acceptors (Lipinski definition) is 6. The van der Waals surface area contributed by atoms with Gasteiger partial charge in [-0.25, -0.2) is 0 Å². The van der Waals surface area contributed by atoms with Crippen LogP contribution in [0, 0.1) is 10.1 Å². The minimum absolute atomic E-state index is 0.191. The molecule has 2 saturated heterocycles. The Morgan fingerprint density at radius 3 is 2.33 bits per heavy atom. The lowest BCUT2D eigenvalue weighted by Gasteiger charge is -2.36. The number of rotatable bonds is 5. The number of β-amino-alcohol motifs (C(OH)–C–C–N with tert-alkyl or cyclic N) is 1. The molecule has 2 aliphatic heterocycles. The lowest BCUT2D eigenvalue weighted by molar-refractivity contribution is -0.384. The molecule has 7 nitrogen and oxygen atoms in total. The number of nitro groups is 1. The van der Waals surface area contributed by atoms with Gasteiger partial charge in [-0.15, -0.1) is 0 Å². The molecule has 0 amide bonds. The van der Waals surface area contributed by atoms with Crippen molar-refractivity contribution >= 4 is 17.1 Å². The van der Waals surface area contributed by atoms with Crippen molar-refractivity contribution in [1.29, 1.82) is 0 Å². The van der Waals surface area contributed by atoms with Gasteiger partial charge in [0.25, 0.3) is 5.69 Å². The zero-order valence-corrected chi connectivity index (χ0v) is 14.1. The van der Waals surface area contributed by atoms with Crippen molar-refractivity contribution in [2.24, 2.45) is 0 Å². The number of anilines is 2. The SMILES string of the molecule is O=[N+]([O-])c1ccc(N2CCN(CCO)CC2)cc1N1CCCCC1. The maximum atomic E-state index is 11.4. The van der Waals surface area contributed by atoms with Crippen molar-refractivity contribution in [2.75, 3.05) is 62.2 Å². The Labute approximate surface area is 142 Å². The van der Waals surface area contributed by atoms with Gasteiger partial charge in [0.1, 0.15) is 5.69 Å². The largest absolute Gasteiger partial charge is 0.395 e. The minimum atomic E-state index is -0.271. The molecule has 0 radical (unpaired) electrons. The quantitative estimate of drug-likeness (QED) is 0.653. The smallest absolute Gasteiger partial charge is 0.292 e. The lowest BCUT2D eigenvalue weighted by Crippen LogP contribution is -2.47. The van der Waals surface area contributed by atoms with Gasteiger partial charge in [0.05, 0.1) is 11.5 Å². The molecule has 7 heteroatoms. The average molecular weight is 334 g/mol. The van der Waals surface area contributed by atoms with E-state index in [9.17, 15) is 10.1 Å². The molecule has 0 spiro atoms. The van der Waals surface area contributed by atoms with Crippen molar-refractivity contribution in [2.45, 2.75) is 19.3 Å². The van der Waals surface area contributed by atoms with Crippen LogP contribution >= 0.6 is 0 Å². The predicted octanol–water partition coefficient (Wildman–Crippen LogP) is 1.70. The number of piperazine rings is 1. The molecule has 1 aromatic carbocycles. The number of aliphatic hydroxyl groups excluding tert-OH is 1. The molecule has 1 N–H and O–H groups in total. The van der Waals surface area contributed by atoms with Gasteiger partial charge in [0, 0.05) is 57.6 Å². The number of aliphatic hydroxyl groups is 1. The third-order valence-electron chi connectivity index (χ3n) is 5.01. The molecule has 0 aliphatic carbocycles. The minimum Gasteiger partial charge on any atom is -0.395 e. The Morgan fingerprint density at radius 1 is 1.00 bits per heavy atom. The molecule has 2 fully saturated rings. The summed E-state index contributed by atoms with van der Waals surface area (Å²) < 4.78 is 0. The average Bonchev–Trinajstić information content (AvgIpc) is 2.63. The van der Waals surface area contributed by atoms with Crippen LogP contribution in [0.25, 0.3) is 0 Å². The summed E-state index contributed by atoms with van der Waals surface area (Å²) >= 11 is 0. The highest BCUT2D eigenvalue weighted by Gasteiger charge is 2.24. The van der Waals surface area contributed by atoms with Gasteiger partial charge in [-0.2, -0.15) is 0 Å². The highest BCUT2D eigenvalue weighted by molar-refractivity contribution is 5.70. The molecule has 0 unspecified atom stereocenters. The first-order valence-corrected chi connectivity index (χ1v) is 8.80. The fraction of sp³-hybridized carbons (Fsp3) is 0.647. The maximum Gasteiger partial charge on any atom is 0.292 e. The van der Waals surface area contributed by atoms with Crippen LogP contribution in [0.5, 0.6) is 0 Å². The molecular formula is C17H26N4O3. The summed E-state index contributed by atoms with van der Waals surface area (Å²) in [5.74, 6) is 0. The molecule has 2 heterocycles. The molecule has 2 aliphatic rings. The van der Waals surface area contributed by atoms with E-state index >= 15 is 0 Å². The van der Waals surface area contributed by atoms with Gasteiger partial charge in [-0.1, -0.05) is 0 Å². The summed E-state index contributed by atoms with van der Waals surface area (Å²) in [6.07, 6.45) is 3.40. The third-order valence-corrected chi connectivity index (χ3v) is 5.01. The van der Waals surface area contributed by atoms with E-state index < -0.39 is 0 Å². The second kappa shape index (κ2) is 7.81. The summed E-state index contributed by atoms with van der Waals surface area (Å²) in [5.41, 5.74) is 2.03. The normalized spacial score (nSPS) is 19.5. The number of piperidine rings is 1. The second-order valence-corrected chi connectivity index (χ2v) is 6.53. The van der Waals surface area contributed by atoms with Crippen molar-refractivity contribution < 1.29 is 10.0 Å². The molecular weight excluding hydrogens is 308 g/mol. The van der Waals surface area contributed by atoms with Crippen LogP contribution in [-0.4, -0.2) is 67.3 Å². The zero-order chi connectivity index (χ0) is 16.9. The molecule has 0 saturated carbocycles. The van der Waals surface area contributed by atoms with Gasteiger partial charge >= 0.3 is 0 Å². The Bertz CT molecular complexity index is 567. The van der Waals surface area contributed by atoms with Gasteiger partial charge in [0.15, 0.2) is 0 Å². The standard InChI is InChI=1S/C17H26N4O3/c22-13-12-18-8-10-19(11-9-18)15-4-5-16(21(23)24)17(14-15)20-6-2-1-3-7-20/h4-5,14,22H,1-3,6-13H2. The van der Waals surface area contributed by atoms with Crippen molar-refractivity contribution in [1.82, 2.24) is 4.90 Å². The molecule has 3 rings (SSSR count). The third kappa shape index (κ3) is 3.79. The van der Waals surface area contributed by atoms with Crippen LogP contribution in [0.4, 0.5) is 17.1 Å². The number of nitrogens with zero attached hydrogens (tertiary/aromatic N) is 4. The first-order chi connectivity index (χ1) is 11.7. The van der Waals surface area contributed by atoms with E-state index in [1.54, 1.807) is 6.07 Å². The van der Waals surface area contributed by atoms with E-state index in [2.05, 4.69) is 14.7 Å². The Morgan fingerprint density at radius 2 is 1.71 bits per heavy atom. The number of nitro benzene ring substituents is 1. The van der Waals surface area contributed by atoms with Crippen LogP contribution in [0.1, 0.15) is 19.3 Å². The zero-order valence-electron chi connectivity index (χ0n) is 14.1. The van der Waals surface area contributed by atoms with Gasteiger partial charge < -0.3 is 14.9 Å². The van der Waals surface area contributed by atoms with E-state index in [0.29, 0.717) is 6.54 Å². The van der Waals surface area contributed by atoms with Crippen molar-refractivity contribution in [3.05, 3.63) is 28.3 Å². The molecule has 132 valence electrons. The van der Waals surface area contributed by atoms with E-state index in [1.165, 1.54) is 6.42 Å². The van der Waals surface area contributed by atoms with E-state index in [1.807, 2.05) is 12.1 Å². The fourth-order valence-electron chi connectivity index (χ4n) is 3.62. The van der Waals surface area contributed by atoms with Crippen molar-refractivity contribution in [3.8, 4) is 0 Å². The van der Waals surface area contributed by atoms with Crippen molar-refractivity contribution in [3.63, 3.8) is 0 Å². The Hall–Kier alpha value is -1.86. The summed E-state index contributed by atoms with van der Waals surface area (Å²) in [6, 6.07) is 5.51. The lowest BCUT2D eigenvalue weighted by atomic mass is 10.1. The second-order valence-electron chi connectivity index (χ2n) is 6.53. The van der Waals surface area contributed by atoms with E-state index in [4.69, 9.17) is 5.11 Å². The summed E-state index contributed by atoms with van der Waals surface area (Å²) in [7, 11) is 0. The van der Waals surface area contributed by atoms with Crippen LogP contribution in [0.3, 0.4) is 0 Å². The Balaban J connectivity index is 1.78. The molecule has 0 bridgehead atoms. The highest BCUT2D eigenvalue weighted by atomic mass is 16.6. The Kier molecular flexibility index (Phi) is 5.52. The van der Waals surface area contributed by atoms with Crippen LogP contribution in [0.2, 0.25) is 0 Å². The molecule has 1 aromatic rings. The molecule has 24 heavy (non-hydrogen) atoms. The maximum absolute atomic E-state index is 11.4. The summed E-state index contributed by atoms with van der Waals surface area (Å²) in [6.45, 7) is 6.30. The highest BCUT2D eigenvalue weighted by Crippen LogP contribution is 2.34. The van der Waals surface area contributed by atoms with E-state index in [0.717, 1.165) is 63.5 Å². The predicted molar refractivity (Wildman–Crippen MR) is 94.9 cm³/mol. The molecule has 0 atom stereocenters. The molecule has 0 aromatic heterocycles. The summed E-state index contributed by atoms with van der Waals surface area (Å²) in [5, 5.41) is 20.4.